The second-order valence-corrected chi connectivity index (χ2v) is 24.3. The Hall–Kier alpha value is -7.04. The summed E-state index contributed by atoms with van der Waals surface area (Å²) >= 11 is 0. The average molecular weight is 1420 g/mol. The number of aromatic nitrogens is 6. The Morgan fingerprint density at radius 3 is 1.14 bits per heavy atom. The largest absolute Gasteiger partial charge is 0.420 e. The van der Waals surface area contributed by atoms with E-state index < -0.39 is 35.0 Å². The summed E-state index contributed by atoms with van der Waals surface area (Å²) in [5.41, 5.74) is 19.8. The first kappa shape index (κ1) is 79.7. The van der Waals surface area contributed by atoms with Crippen molar-refractivity contribution in [3.63, 3.8) is 0 Å². The third-order valence-electron chi connectivity index (χ3n) is 16.8. The van der Waals surface area contributed by atoms with Gasteiger partial charge in [-0.15, -0.1) is 0 Å². The lowest BCUT2D eigenvalue weighted by atomic mass is 10.1. The van der Waals surface area contributed by atoms with Crippen LogP contribution >= 0.6 is 0 Å². The summed E-state index contributed by atoms with van der Waals surface area (Å²) in [6.07, 6.45) is 6.20. The zero-order valence-corrected chi connectivity index (χ0v) is 58.8. The fourth-order valence-corrected chi connectivity index (χ4v) is 11.1. The number of anilines is 4. The van der Waals surface area contributed by atoms with Crippen LogP contribution in [-0.4, -0.2) is 262 Å². The Morgan fingerprint density at radius 1 is 0.446 bits per heavy atom. The number of Topliss-reactive ketones (excluding diaryl/α,β-unsaturated/α-hetero) is 1. The normalized spacial score (nSPS) is 13.9. The molecule has 0 atom stereocenters. The zero-order valence-electron chi connectivity index (χ0n) is 58.8. The molecule has 0 unspecified atom stereocenters. The van der Waals surface area contributed by atoms with E-state index >= 15 is 0 Å². The monoisotopic (exact) mass is 1420 g/mol. The summed E-state index contributed by atoms with van der Waals surface area (Å²) in [6, 6.07) is 12.6. The van der Waals surface area contributed by atoms with Crippen LogP contribution in [0.1, 0.15) is 70.9 Å². The number of carbonyl (C=O) groups excluding carboxylic acids is 2. The molecule has 2 fully saturated rings. The number of pyridine rings is 2. The predicted octanol–water partition coefficient (Wildman–Crippen LogP) is 8.03. The number of aromatic amines is 2. The number of nitrogens with zero attached hydrogens (tertiary/aromatic N) is 8. The molecule has 9 rings (SSSR count). The molecule has 0 radical (unpaired) electrons. The van der Waals surface area contributed by atoms with E-state index in [2.05, 4.69) is 82.4 Å². The van der Waals surface area contributed by atoms with E-state index in [1.165, 1.54) is 5.69 Å². The van der Waals surface area contributed by atoms with Crippen LogP contribution in [0.3, 0.4) is 0 Å². The number of hydrogen-bond acceptors (Lipinski definition) is 24. The predicted molar refractivity (Wildman–Crippen MR) is 377 cm³/mol. The number of ether oxygens (including phenoxy) is 12. The van der Waals surface area contributed by atoms with Gasteiger partial charge in [0.2, 0.25) is 17.4 Å². The number of piperazine rings is 2. The minimum Gasteiger partial charge on any atom is -0.420 e. The van der Waals surface area contributed by atoms with E-state index in [9.17, 15) is 27.2 Å². The molecule has 0 saturated carbocycles. The van der Waals surface area contributed by atoms with Crippen molar-refractivity contribution in [2.24, 2.45) is 0 Å². The maximum Gasteiger partial charge on any atom is 0.313 e. The molecule has 7 aromatic rings. The number of nitrogens with one attached hydrogen (secondary N) is 2. The minimum atomic E-state index is -1.77. The number of imidazole rings is 2. The standard InChI is InChI=1S/C42H70N6O11.C29H32F4N6O3/c1-3-4-5-39-45-40-37-34-36(6-7-38(37)44-42(43)41(40)46-39)48-11-9-47(10-12-48)13-15-51-17-19-53-21-23-55-25-27-57-29-31-59-33-32-58-30-28-56-26-24-54-22-20-52-18-16-50-14-8-35(2)49;1-2-3-4-22-36-26-18-15-17(5-6-21(18)35-29(34)27(26)37-22)39-10-8-38(9-11-39)12-14-41-13-7-23(40)42-28-24(32)19(30)16-20(31)25(28)33/h6-7,34H,3-5,8-33H2,1-2H3,(H2,43,44)(H,45,46);5-6,15-16H,2-4,7-14H2,1H3,(H2,34,35)(H,36,37). The second kappa shape index (κ2) is 44.5. The number of nitrogens with two attached hydrogens (primary N) is 2. The quantitative estimate of drug-likeness (QED) is 0.00922. The van der Waals surface area contributed by atoms with Crippen LogP contribution < -0.4 is 26.0 Å². The molecule has 6 N–H and O–H groups in total. The Labute approximate surface area is 587 Å². The number of hydrogen-bond donors (Lipinski definition) is 4. The van der Waals surface area contributed by atoms with Crippen LogP contribution in [0, 0.1) is 23.3 Å². The van der Waals surface area contributed by atoms with Gasteiger partial charge in [-0.1, -0.05) is 26.7 Å². The molecular weight excluding hydrogens is 1320 g/mol. The van der Waals surface area contributed by atoms with E-state index in [0.29, 0.717) is 163 Å². The number of esters is 1. The molecule has 101 heavy (non-hydrogen) atoms. The first-order valence-electron chi connectivity index (χ1n) is 35.3. The van der Waals surface area contributed by atoms with Crippen molar-refractivity contribution in [2.75, 3.05) is 232 Å². The molecule has 0 amide bonds. The summed E-state index contributed by atoms with van der Waals surface area (Å²) < 4.78 is 119. The lowest BCUT2D eigenvalue weighted by Gasteiger charge is -2.36. The third kappa shape index (κ3) is 26.6. The highest BCUT2D eigenvalue weighted by Gasteiger charge is 2.25. The molecule has 0 spiro atoms. The highest BCUT2D eigenvalue weighted by atomic mass is 19.2. The maximum absolute atomic E-state index is 13.7. The van der Waals surface area contributed by atoms with Crippen LogP contribution in [0.5, 0.6) is 5.75 Å². The van der Waals surface area contributed by atoms with Gasteiger partial charge in [0.15, 0.2) is 11.6 Å². The minimum absolute atomic E-state index is 0.0442. The van der Waals surface area contributed by atoms with Crippen molar-refractivity contribution in [3.8, 4) is 5.75 Å². The first-order valence-corrected chi connectivity index (χ1v) is 35.3. The number of rotatable bonds is 48. The summed E-state index contributed by atoms with van der Waals surface area (Å²) in [5, 5.41) is 2.00. The van der Waals surface area contributed by atoms with Gasteiger partial charge in [-0.2, -0.15) is 8.78 Å². The molecule has 2 aliphatic rings. The molecule has 4 aromatic heterocycles. The number of halogens is 4. The van der Waals surface area contributed by atoms with E-state index in [1.807, 2.05) is 12.1 Å². The number of fused-ring (bicyclic) bond motifs is 6. The summed E-state index contributed by atoms with van der Waals surface area (Å²) in [6.45, 7) is 25.0. The van der Waals surface area contributed by atoms with Gasteiger partial charge in [-0.3, -0.25) is 19.4 Å². The van der Waals surface area contributed by atoms with Gasteiger partial charge in [-0.25, -0.2) is 28.7 Å². The Balaban J connectivity index is 0.000000271. The fourth-order valence-electron chi connectivity index (χ4n) is 11.1. The number of carbonyl (C=O) groups is 2. The molecule has 0 aliphatic carbocycles. The average Bonchev–Trinajstić information content (AvgIpc) is 1.70. The van der Waals surface area contributed by atoms with Gasteiger partial charge in [0.05, 0.1) is 163 Å². The Kier molecular flexibility index (Phi) is 35.1. The molecule has 6 heterocycles. The van der Waals surface area contributed by atoms with E-state index in [1.54, 1.807) is 6.92 Å². The first-order chi connectivity index (χ1) is 49.3. The number of unbranched alkanes of at least 4 members (excludes halogenated alkanes) is 2. The molecule has 26 nitrogen and oxygen atoms in total. The maximum atomic E-state index is 13.7. The zero-order chi connectivity index (χ0) is 71.4. The Bertz CT molecular complexity index is 3570. The molecule has 3 aromatic carbocycles. The Morgan fingerprint density at radius 2 is 0.782 bits per heavy atom. The summed E-state index contributed by atoms with van der Waals surface area (Å²) in [4.78, 5) is 57.8. The van der Waals surface area contributed by atoms with Crippen molar-refractivity contribution in [2.45, 2.75) is 72.1 Å². The van der Waals surface area contributed by atoms with Crippen molar-refractivity contribution < 1.29 is 84.0 Å². The number of benzene rings is 3. The summed E-state index contributed by atoms with van der Waals surface area (Å²) in [5.74, 6) is -6.34. The molecule has 2 aliphatic heterocycles. The van der Waals surface area contributed by atoms with Crippen LogP contribution in [0.15, 0.2) is 42.5 Å². The van der Waals surface area contributed by atoms with Crippen molar-refractivity contribution in [1.82, 2.24) is 39.7 Å². The van der Waals surface area contributed by atoms with Gasteiger partial charge < -0.3 is 88.1 Å². The van der Waals surface area contributed by atoms with Gasteiger partial charge in [0.1, 0.15) is 51.1 Å². The number of H-pyrrole nitrogens is 2. The SMILES string of the molecule is CCCCc1nc2c([nH]1)c(N)nc1ccc(N3CCN(CCOCCC(=O)Oc4c(F)c(F)cc(F)c4F)CC3)cc12.CCCCc1nc2c([nH]1)c(N)nc1ccc(N3CCN(CCOCCOCCOCCOCCOCCOCCOCCOCCOCCOCCC(C)=O)CC3)cc12. The van der Waals surface area contributed by atoms with E-state index in [4.69, 9.17) is 73.5 Å². The highest BCUT2D eigenvalue weighted by Crippen LogP contribution is 2.33. The number of ketones is 1. The lowest BCUT2D eigenvalue weighted by Crippen LogP contribution is -2.47. The third-order valence-corrected chi connectivity index (χ3v) is 16.8. The fraction of sp³-hybridized carbons (Fsp3) is 0.606. The molecule has 558 valence electrons. The van der Waals surface area contributed by atoms with Crippen LogP contribution in [0.2, 0.25) is 0 Å². The van der Waals surface area contributed by atoms with Crippen LogP contribution in [0.4, 0.5) is 40.6 Å². The molecule has 30 heteroatoms. The summed E-state index contributed by atoms with van der Waals surface area (Å²) in [7, 11) is 0. The van der Waals surface area contributed by atoms with Crippen LogP contribution in [0.25, 0.3) is 43.9 Å². The van der Waals surface area contributed by atoms with Crippen LogP contribution in [-0.2, 0) is 74.5 Å². The van der Waals surface area contributed by atoms with Crippen molar-refractivity contribution in [3.05, 3.63) is 77.4 Å². The molecular formula is C71H102F4N12O14. The van der Waals surface area contributed by atoms with E-state index in [-0.39, 0.29) is 24.9 Å². The molecule has 0 bridgehead atoms. The smallest absolute Gasteiger partial charge is 0.313 e. The van der Waals surface area contributed by atoms with Gasteiger partial charge in [-0.05, 0) is 56.2 Å². The van der Waals surface area contributed by atoms with Gasteiger partial charge in [0, 0.05) is 113 Å². The second-order valence-electron chi connectivity index (χ2n) is 24.3. The highest BCUT2D eigenvalue weighted by molar-refractivity contribution is 6.08. The van der Waals surface area contributed by atoms with E-state index in [0.717, 1.165) is 159 Å². The number of nitrogen functional groups attached to an aromatic ring is 2. The molecule has 2 saturated heterocycles. The van der Waals surface area contributed by atoms with Crippen molar-refractivity contribution in [1.29, 1.82) is 0 Å². The topological polar surface area (TPSA) is 293 Å². The van der Waals surface area contributed by atoms with Crippen molar-refractivity contribution >= 4 is 78.6 Å². The van der Waals surface area contributed by atoms with Gasteiger partial charge >= 0.3 is 5.97 Å². The number of aryl methyl sites for hydroxylation is 2. The van der Waals surface area contributed by atoms with Gasteiger partial charge in [0.25, 0.3) is 0 Å². The lowest BCUT2D eigenvalue weighted by molar-refractivity contribution is -0.136.